The molecule has 2 N–H and O–H groups in total. The van der Waals surface area contributed by atoms with Gasteiger partial charge in [-0.25, -0.2) is 8.78 Å². The second-order valence-corrected chi connectivity index (χ2v) is 5.47. The summed E-state index contributed by atoms with van der Waals surface area (Å²) in [5.41, 5.74) is 7.37. The van der Waals surface area contributed by atoms with Crippen LogP contribution >= 0.6 is 0 Å². The fraction of sp³-hybridized carbons (Fsp3) is 0.571. The number of alkyl halides is 2. The van der Waals surface area contributed by atoms with Gasteiger partial charge in [0.15, 0.2) is 0 Å². The van der Waals surface area contributed by atoms with Crippen molar-refractivity contribution in [2.24, 2.45) is 5.73 Å². The van der Waals surface area contributed by atoms with E-state index in [1.54, 1.807) is 0 Å². The van der Waals surface area contributed by atoms with Crippen LogP contribution in [0.3, 0.4) is 0 Å². The van der Waals surface area contributed by atoms with Crippen LogP contribution in [-0.2, 0) is 5.41 Å². The molecule has 1 aliphatic carbocycles. The Hall–Kier alpha value is -0.960. The Balaban J connectivity index is 2.22. The normalized spacial score (nSPS) is 21.3. The molecule has 1 nitrogen and oxygen atoms in total. The highest BCUT2D eigenvalue weighted by atomic mass is 19.3. The third kappa shape index (κ3) is 2.21. The number of hydrogen-bond donors (Lipinski definition) is 1. The summed E-state index contributed by atoms with van der Waals surface area (Å²) >= 11 is 0. The number of hydrogen-bond acceptors (Lipinski definition) is 1. The van der Waals surface area contributed by atoms with E-state index in [2.05, 4.69) is 13.8 Å². The molecule has 1 aromatic carbocycles. The molecule has 0 saturated heterocycles. The minimum Gasteiger partial charge on any atom is -0.330 e. The van der Waals surface area contributed by atoms with Gasteiger partial charge in [-0.15, -0.1) is 0 Å². The maximum Gasteiger partial charge on any atom is 0.250 e. The molecular weight excluding hydrogens is 220 g/mol. The highest BCUT2D eigenvalue weighted by molar-refractivity contribution is 5.34. The lowest BCUT2D eigenvalue weighted by Crippen LogP contribution is -2.53. The van der Waals surface area contributed by atoms with Crippen molar-refractivity contribution in [3.63, 3.8) is 0 Å². The summed E-state index contributed by atoms with van der Waals surface area (Å²) in [6.45, 7) is 4.53. The van der Waals surface area contributed by atoms with Crippen LogP contribution < -0.4 is 5.73 Å². The molecule has 1 aromatic rings. The molecule has 0 heterocycles. The molecule has 0 radical (unpaired) electrons. The molecule has 0 aliphatic heterocycles. The summed E-state index contributed by atoms with van der Waals surface area (Å²) < 4.78 is 26.1. The van der Waals surface area contributed by atoms with Crippen molar-refractivity contribution in [2.75, 3.05) is 6.54 Å². The zero-order valence-electron chi connectivity index (χ0n) is 10.3. The van der Waals surface area contributed by atoms with E-state index in [9.17, 15) is 8.78 Å². The van der Waals surface area contributed by atoms with Crippen molar-refractivity contribution in [3.8, 4) is 0 Å². The Morgan fingerprint density at radius 2 is 1.71 bits per heavy atom. The molecule has 0 unspecified atom stereocenters. The smallest absolute Gasteiger partial charge is 0.250 e. The van der Waals surface area contributed by atoms with E-state index in [0.717, 1.165) is 5.56 Å². The zero-order valence-corrected chi connectivity index (χ0v) is 10.3. The predicted octanol–water partition coefficient (Wildman–Crippen LogP) is 3.44. The van der Waals surface area contributed by atoms with E-state index < -0.39 is 11.3 Å². The van der Waals surface area contributed by atoms with Gasteiger partial charge in [-0.1, -0.05) is 38.1 Å². The van der Waals surface area contributed by atoms with Crippen LogP contribution in [0.1, 0.15) is 43.7 Å². The minimum absolute atomic E-state index is 0.114. The maximum atomic E-state index is 13.1. The fourth-order valence-corrected chi connectivity index (χ4v) is 2.63. The molecule has 2 rings (SSSR count). The lowest BCUT2D eigenvalue weighted by atomic mass is 9.62. The van der Waals surface area contributed by atoms with Gasteiger partial charge in [0.05, 0.1) is 0 Å². The van der Waals surface area contributed by atoms with Gasteiger partial charge in [-0.2, -0.15) is 0 Å². The molecule has 1 aliphatic rings. The average molecular weight is 239 g/mol. The molecule has 17 heavy (non-hydrogen) atoms. The van der Waals surface area contributed by atoms with Crippen molar-refractivity contribution < 1.29 is 8.78 Å². The van der Waals surface area contributed by atoms with Crippen molar-refractivity contribution in [1.82, 2.24) is 0 Å². The molecule has 0 bridgehead atoms. The summed E-state index contributed by atoms with van der Waals surface area (Å²) in [6, 6.07) is 7.95. The Morgan fingerprint density at radius 1 is 1.18 bits per heavy atom. The first-order valence-electron chi connectivity index (χ1n) is 6.07. The van der Waals surface area contributed by atoms with E-state index in [1.807, 2.05) is 24.3 Å². The molecule has 0 spiro atoms. The van der Waals surface area contributed by atoms with Gasteiger partial charge in [-0.05, 0) is 17.0 Å². The first-order valence-corrected chi connectivity index (χ1v) is 6.07. The second-order valence-electron chi connectivity index (χ2n) is 5.47. The van der Waals surface area contributed by atoms with Crippen molar-refractivity contribution >= 4 is 0 Å². The van der Waals surface area contributed by atoms with Gasteiger partial charge in [0.25, 0.3) is 0 Å². The van der Waals surface area contributed by atoms with E-state index >= 15 is 0 Å². The zero-order chi connectivity index (χ0) is 12.7. The number of rotatable bonds is 3. The number of nitrogens with two attached hydrogens (primary N) is 1. The van der Waals surface area contributed by atoms with Gasteiger partial charge >= 0.3 is 0 Å². The van der Waals surface area contributed by atoms with Crippen LogP contribution in [-0.4, -0.2) is 12.5 Å². The molecule has 0 aromatic heterocycles. The first kappa shape index (κ1) is 12.5. The summed E-state index contributed by atoms with van der Waals surface area (Å²) in [4.78, 5) is 0. The number of halogens is 2. The Labute approximate surface area is 101 Å². The topological polar surface area (TPSA) is 26.0 Å². The van der Waals surface area contributed by atoms with Crippen LogP contribution in [0.2, 0.25) is 0 Å². The van der Waals surface area contributed by atoms with Gasteiger partial charge in [0.1, 0.15) is 0 Å². The minimum atomic E-state index is -2.53. The standard InChI is InChI=1S/C14H19F2N/c1-10(2)11-3-5-12(6-4-11)13(9-17)7-14(15,16)8-13/h3-6,10H,7-9,17H2,1-2H3. The van der Waals surface area contributed by atoms with Crippen molar-refractivity contribution in [3.05, 3.63) is 35.4 Å². The number of benzene rings is 1. The van der Waals surface area contributed by atoms with Crippen molar-refractivity contribution in [2.45, 2.75) is 43.9 Å². The van der Waals surface area contributed by atoms with E-state index in [4.69, 9.17) is 5.73 Å². The van der Waals surface area contributed by atoms with Gasteiger partial charge in [-0.3, -0.25) is 0 Å². The van der Waals surface area contributed by atoms with Crippen LogP contribution in [0.15, 0.2) is 24.3 Å². The predicted molar refractivity (Wildman–Crippen MR) is 65.4 cm³/mol. The summed E-state index contributed by atoms with van der Waals surface area (Å²) in [5.74, 6) is -2.07. The highest BCUT2D eigenvalue weighted by Crippen LogP contribution is 2.52. The highest BCUT2D eigenvalue weighted by Gasteiger charge is 2.56. The monoisotopic (exact) mass is 239 g/mol. The van der Waals surface area contributed by atoms with E-state index in [-0.39, 0.29) is 12.8 Å². The second kappa shape index (κ2) is 4.05. The van der Waals surface area contributed by atoms with Crippen LogP contribution in [0.4, 0.5) is 8.78 Å². The van der Waals surface area contributed by atoms with Crippen LogP contribution in [0.5, 0.6) is 0 Å². The summed E-state index contributed by atoms with van der Waals surface area (Å²) in [5, 5.41) is 0. The summed E-state index contributed by atoms with van der Waals surface area (Å²) in [6.07, 6.45) is -0.227. The SMILES string of the molecule is CC(C)c1ccc(C2(CN)CC(F)(F)C2)cc1. The molecule has 1 saturated carbocycles. The van der Waals surface area contributed by atoms with Gasteiger partial charge in [0.2, 0.25) is 5.92 Å². The van der Waals surface area contributed by atoms with Gasteiger partial charge in [0, 0.05) is 24.8 Å². The maximum absolute atomic E-state index is 13.1. The summed E-state index contributed by atoms with van der Waals surface area (Å²) in [7, 11) is 0. The van der Waals surface area contributed by atoms with Crippen molar-refractivity contribution in [1.29, 1.82) is 0 Å². The third-order valence-electron chi connectivity index (χ3n) is 3.77. The Morgan fingerprint density at radius 3 is 2.06 bits per heavy atom. The first-order chi connectivity index (χ1) is 7.88. The lowest BCUT2D eigenvalue weighted by molar-refractivity contribution is -0.123. The molecule has 1 fully saturated rings. The molecule has 0 atom stereocenters. The van der Waals surface area contributed by atoms with Crippen LogP contribution in [0.25, 0.3) is 0 Å². The Bertz CT molecular complexity index is 387. The molecular formula is C14H19F2N. The van der Waals surface area contributed by atoms with Gasteiger partial charge < -0.3 is 5.73 Å². The molecule has 0 amide bonds. The average Bonchev–Trinajstić information content (AvgIpc) is 2.25. The largest absolute Gasteiger partial charge is 0.330 e. The third-order valence-corrected chi connectivity index (χ3v) is 3.77. The lowest BCUT2D eigenvalue weighted by Gasteiger charge is -2.47. The molecule has 94 valence electrons. The molecule has 3 heteroatoms. The quantitative estimate of drug-likeness (QED) is 0.859. The van der Waals surface area contributed by atoms with E-state index in [1.165, 1.54) is 5.56 Å². The fourth-order valence-electron chi connectivity index (χ4n) is 2.63. The van der Waals surface area contributed by atoms with E-state index in [0.29, 0.717) is 12.5 Å². The van der Waals surface area contributed by atoms with Crippen LogP contribution in [0, 0.1) is 0 Å². The Kier molecular flexibility index (Phi) is 2.98.